The molecule has 0 saturated carbocycles. The van der Waals surface area contributed by atoms with Crippen LogP contribution in [0.3, 0.4) is 0 Å². The molecular weight excluding hydrogens is 352 g/mol. The summed E-state index contributed by atoms with van der Waals surface area (Å²) in [6, 6.07) is 8.22. The van der Waals surface area contributed by atoms with Gasteiger partial charge < -0.3 is 10.2 Å². The fourth-order valence-electron chi connectivity index (χ4n) is 3.12. The molecule has 1 aliphatic heterocycles. The number of hydrogen-bond acceptors (Lipinski definition) is 3. The predicted molar refractivity (Wildman–Crippen MR) is 108 cm³/mol. The summed E-state index contributed by atoms with van der Waals surface area (Å²) in [6.45, 7) is 8.87. The summed E-state index contributed by atoms with van der Waals surface area (Å²) < 4.78 is 0. The van der Waals surface area contributed by atoms with Gasteiger partial charge in [0.15, 0.2) is 5.11 Å². The number of nitrogens with zero attached hydrogens (tertiary/aromatic N) is 3. The van der Waals surface area contributed by atoms with Crippen molar-refractivity contribution in [2.45, 2.75) is 20.4 Å². The van der Waals surface area contributed by atoms with Crippen LogP contribution in [0, 0.1) is 13.8 Å². The summed E-state index contributed by atoms with van der Waals surface area (Å²) in [6.07, 6.45) is 3.69. The third-order valence-electron chi connectivity index (χ3n) is 4.48. The highest BCUT2D eigenvalue weighted by molar-refractivity contribution is 7.80. The second-order valence-corrected chi connectivity index (χ2v) is 7.28. The molecule has 0 amide bonds. The molecule has 2 aromatic rings. The van der Waals surface area contributed by atoms with E-state index in [2.05, 4.69) is 45.2 Å². The summed E-state index contributed by atoms with van der Waals surface area (Å²) in [5, 5.41) is 4.80. The molecule has 4 nitrogen and oxygen atoms in total. The Hall–Kier alpha value is -1.69. The number of thiocarbonyl (C=S) groups is 1. The van der Waals surface area contributed by atoms with Crippen molar-refractivity contribution in [3.8, 4) is 0 Å². The minimum Gasteiger partial charge on any atom is -0.346 e. The number of anilines is 1. The highest BCUT2D eigenvalue weighted by Gasteiger charge is 2.20. The summed E-state index contributed by atoms with van der Waals surface area (Å²) in [5.74, 6) is 0. The number of hydrogen-bond donors (Lipinski definition) is 1. The van der Waals surface area contributed by atoms with Gasteiger partial charge in [0, 0.05) is 45.1 Å². The molecule has 0 radical (unpaired) electrons. The quantitative estimate of drug-likeness (QED) is 0.824. The van der Waals surface area contributed by atoms with E-state index in [9.17, 15) is 0 Å². The Morgan fingerprint density at radius 3 is 2.48 bits per heavy atom. The van der Waals surface area contributed by atoms with Crippen molar-refractivity contribution in [1.29, 1.82) is 0 Å². The lowest BCUT2D eigenvalue weighted by Gasteiger charge is -2.36. The second-order valence-electron chi connectivity index (χ2n) is 6.49. The fourth-order valence-corrected chi connectivity index (χ4v) is 3.77. The molecule has 0 atom stereocenters. The molecule has 1 aromatic carbocycles. The van der Waals surface area contributed by atoms with E-state index in [-0.39, 0.29) is 0 Å². The molecule has 132 valence electrons. The highest BCUT2D eigenvalue weighted by Crippen LogP contribution is 2.27. The Kier molecular flexibility index (Phi) is 5.89. The van der Waals surface area contributed by atoms with Crippen LogP contribution in [-0.4, -0.2) is 46.1 Å². The molecule has 1 fully saturated rings. The summed E-state index contributed by atoms with van der Waals surface area (Å²) in [7, 11) is 0. The lowest BCUT2D eigenvalue weighted by Crippen LogP contribution is -2.49. The standard InChI is InChI=1S/C19H23ClN4S/c1-14-11-15(2)18(17(20)12-14)22-19(25)24-9-7-23(8-10-24)13-16-3-5-21-6-4-16/h3-6,11-12H,7-10,13H2,1-2H3,(H,22,25). The molecule has 2 heterocycles. The van der Waals surface area contributed by atoms with E-state index in [1.54, 1.807) is 0 Å². The summed E-state index contributed by atoms with van der Waals surface area (Å²) in [5.41, 5.74) is 4.48. The van der Waals surface area contributed by atoms with Gasteiger partial charge in [-0.1, -0.05) is 17.7 Å². The van der Waals surface area contributed by atoms with Crippen molar-refractivity contribution in [3.05, 3.63) is 58.4 Å². The van der Waals surface area contributed by atoms with Crippen LogP contribution in [0.2, 0.25) is 5.02 Å². The highest BCUT2D eigenvalue weighted by atomic mass is 35.5. The maximum atomic E-state index is 6.38. The van der Waals surface area contributed by atoms with Gasteiger partial charge in [-0.15, -0.1) is 0 Å². The summed E-state index contributed by atoms with van der Waals surface area (Å²) in [4.78, 5) is 8.73. The average Bonchev–Trinajstić information content (AvgIpc) is 2.59. The molecule has 6 heteroatoms. The van der Waals surface area contributed by atoms with E-state index in [1.165, 1.54) is 5.56 Å². The van der Waals surface area contributed by atoms with Crippen LogP contribution in [0.4, 0.5) is 5.69 Å². The first-order chi connectivity index (χ1) is 12.0. The zero-order valence-corrected chi connectivity index (χ0v) is 16.2. The zero-order chi connectivity index (χ0) is 17.8. The first-order valence-corrected chi connectivity index (χ1v) is 9.25. The Bertz CT molecular complexity index is 719. The normalized spacial score (nSPS) is 15.2. The Morgan fingerprint density at radius 2 is 1.84 bits per heavy atom. The fraction of sp³-hybridized carbons (Fsp3) is 0.368. The first kappa shape index (κ1) is 18.1. The number of rotatable bonds is 3. The van der Waals surface area contributed by atoms with Gasteiger partial charge in [0.1, 0.15) is 0 Å². The van der Waals surface area contributed by atoms with Crippen molar-refractivity contribution in [1.82, 2.24) is 14.8 Å². The van der Waals surface area contributed by atoms with Gasteiger partial charge >= 0.3 is 0 Å². The predicted octanol–water partition coefficient (Wildman–Crippen LogP) is 3.87. The van der Waals surface area contributed by atoms with Crippen molar-refractivity contribution in [2.75, 3.05) is 31.5 Å². The van der Waals surface area contributed by atoms with E-state index in [0.29, 0.717) is 0 Å². The Morgan fingerprint density at radius 1 is 1.16 bits per heavy atom. The lowest BCUT2D eigenvalue weighted by atomic mass is 10.1. The molecule has 25 heavy (non-hydrogen) atoms. The van der Waals surface area contributed by atoms with Gasteiger partial charge in [0.2, 0.25) is 0 Å². The number of aryl methyl sites for hydroxylation is 2. The van der Waals surface area contributed by atoms with E-state index < -0.39 is 0 Å². The van der Waals surface area contributed by atoms with Gasteiger partial charge in [-0.2, -0.15) is 0 Å². The number of nitrogens with one attached hydrogen (secondary N) is 1. The molecule has 0 unspecified atom stereocenters. The number of halogens is 1. The average molecular weight is 375 g/mol. The van der Waals surface area contributed by atoms with Gasteiger partial charge in [0.25, 0.3) is 0 Å². The van der Waals surface area contributed by atoms with E-state index in [1.807, 2.05) is 25.4 Å². The monoisotopic (exact) mass is 374 g/mol. The molecule has 3 rings (SSSR count). The van der Waals surface area contributed by atoms with Crippen LogP contribution in [0.1, 0.15) is 16.7 Å². The van der Waals surface area contributed by atoms with Crippen LogP contribution >= 0.6 is 23.8 Å². The molecule has 0 aliphatic carbocycles. The number of piperazine rings is 1. The minimum absolute atomic E-state index is 0.719. The largest absolute Gasteiger partial charge is 0.346 e. The van der Waals surface area contributed by atoms with Crippen molar-refractivity contribution in [2.24, 2.45) is 0 Å². The third kappa shape index (κ3) is 4.69. The number of benzene rings is 1. The lowest BCUT2D eigenvalue weighted by molar-refractivity contribution is 0.177. The smallest absolute Gasteiger partial charge is 0.173 e. The van der Waals surface area contributed by atoms with E-state index in [4.69, 9.17) is 23.8 Å². The van der Waals surface area contributed by atoms with E-state index >= 15 is 0 Å². The minimum atomic E-state index is 0.719. The SMILES string of the molecule is Cc1cc(C)c(NC(=S)N2CCN(Cc3ccncc3)CC2)c(Cl)c1. The second kappa shape index (κ2) is 8.13. The van der Waals surface area contributed by atoms with Crippen LogP contribution in [0.15, 0.2) is 36.7 Å². The van der Waals surface area contributed by atoms with E-state index in [0.717, 1.165) is 59.7 Å². The summed E-state index contributed by atoms with van der Waals surface area (Å²) >= 11 is 12.0. The van der Waals surface area contributed by atoms with Crippen LogP contribution < -0.4 is 5.32 Å². The first-order valence-electron chi connectivity index (χ1n) is 8.47. The third-order valence-corrected chi connectivity index (χ3v) is 5.14. The van der Waals surface area contributed by atoms with Gasteiger partial charge in [-0.3, -0.25) is 9.88 Å². The molecular formula is C19H23ClN4S. The molecule has 0 spiro atoms. The van der Waals surface area contributed by atoms with Gasteiger partial charge in [-0.25, -0.2) is 0 Å². The number of aromatic nitrogens is 1. The Labute approximate surface area is 159 Å². The molecule has 1 aliphatic rings. The van der Waals surface area contributed by atoms with Crippen molar-refractivity contribution < 1.29 is 0 Å². The maximum absolute atomic E-state index is 6.38. The van der Waals surface area contributed by atoms with Crippen molar-refractivity contribution >= 4 is 34.6 Å². The molecule has 1 N–H and O–H groups in total. The van der Waals surface area contributed by atoms with Gasteiger partial charge in [-0.05, 0) is 61.0 Å². The number of pyridine rings is 1. The molecule has 1 saturated heterocycles. The maximum Gasteiger partial charge on any atom is 0.173 e. The topological polar surface area (TPSA) is 31.4 Å². The van der Waals surface area contributed by atoms with Crippen molar-refractivity contribution in [3.63, 3.8) is 0 Å². The van der Waals surface area contributed by atoms with Crippen LogP contribution in [0.25, 0.3) is 0 Å². The molecule has 1 aromatic heterocycles. The van der Waals surface area contributed by atoms with Gasteiger partial charge in [0.05, 0.1) is 10.7 Å². The molecule has 0 bridgehead atoms. The Balaban J connectivity index is 1.55. The zero-order valence-electron chi connectivity index (χ0n) is 14.6. The van der Waals surface area contributed by atoms with Crippen LogP contribution in [-0.2, 0) is 6.54 Å². The van der Waals surface area contributed by atoms with Crippen LogP contribution in [0.5, 0.6) is 0 Å².